The van der Waals surface area contributed by atoms with Gasteiger partial charge in [-0.15, -0.1) is 0 Å². The number of halogens is 1. The molecule has 27 heavy (non-hydrogen) atoms. The zero-order chi connectivity index (χ0) is 19.4. The van der Waals surface area contributed by atoms with E-state index in [2.05, 4.69) is 15.3 Å². The van der Waals surface area contributed by atoms with Crippen LogP contribution in [0, 0.1) is 19.7 Å². The summed E-state index contributed by atoms with van der Waals surface area (Å²) in [4.78, 5) is 33.8. The summed E-state index contributed by atoms with van der Waals surface area (Å²) in [6.45, 7) is 6.07. The van der Waals surface area contributed by atoms with E-state index in [1.54, 1.807) is 19.9 Å². The number of amides is 1. The maximum atomic E-state index is 13.8. The summed E-state index contributed by atoms with van der Waals surface area (Å²) in [6.07, 6.45) is 0.298. The molecule has 0 saturated carbocycles. The maximum absolute atomic E-state index is 13.8. The molecule has 2 heterocycles. The molecule has 0 atom stereocenters. The molecular formula is C19H23FN4O3. The second-order valence-electron chi connectivity index (χ2n) is 6.58. The van der Waals surface area contributed by atoms with E-state index < -0.39 is 5.82 Å². The molecule has 0 bridgehead atoms. The third-order valence-electron chi connectivity index (χ3n) is 4.52. The average Bonchev–Trinajstić information content (AvgIpc) is 2.64. The zero-order valence-electron chi connectivity index (χ0n) is 15.5. The molecule has 2 aromatic rings. The van der Waals surface area contributed by atoms with E-state index in [9.17, 15) is 14.0 Å². The molecule has 1 fully saturated rings. The van der Waals surface area contributed by atoms with E-state index >= 15 is 0 Å². The molecule has 1 aliphatic rings. The number of rotatable bonds is 5. The molecule has 144 valence electrons. The Balaban J connectivity index is 1.65. The predicted molar refractivity (Wildman–Crippen MR) is 101 cm³/mol. The molecule has 1 aliphatic heterocycles. The number of benzene rings is 1. The number of aromatic nitrogens is 2. The fraction of sp³-hybridized carbons (Fsp3) is 0.421. The fourth-order valence-electron chi connectivity index (χ4n) is 2.99. The van der Waals surface area contributed by atoms with Gasteiger partial charge in [0.15, 0.2) is 0 Å². The third-order valence-corrected chi connectivity index (χ3v) is 4.52. The first-order valence-corrected chi connectivity index (χ1v) is 8.92. The second kappa shape index (κ2) is 8.30. The van der Waals surface area contributed by atoms with Gasteiger partial charge in [-0.05, 0) is 38.0 Å². The number of carbonyl (C=O) groups excluding carboxylic acids is 1. The van der Waals surface area contributed by atoms with Gasteiger partial charge in [0, 0.05) is 30.8 Å². The van der Waals surface area contributed by atoms with Crippen LogP contribution in [0.4, 0.5) is 16.0 Å². The Labute approximate surface area is 156 Å². The van der Waals surface area contributed by atoms with Gasteiger partial charge in [0.25, 0.3) is 5.56 Å². The van der Waals surface area contributed by atoms with E-state index in [0.717, 1.165) is 5.56 Å². The van der Waals surface area contributed by atoms with Crippen molar-refractivity contribution in [3.63, 3.8) is 0 Å². The van der Waals surface area contributed by atoms with E-state index in [1.165, 1.54) is 12.1 Å². The summed E-state index contributed by atoms with van der Waals surface area (Å²) < 4.78 is 19.1. The number of hydrogen-bond acceptors (Lipinski definition) is 5. The standard InChI is InChI=1S/C19H23FN4O3/c1-12-3-5-16(15(20)11-12)22-17(25)6-4-14-13(2)21-19(23-18(14)26)24-7-9-27-10-8-24/h3,5,11H,4,6-10H2,1-2H3,(H,22,25)(H,21,23,26). The van der Waals surface area contributed by atoms with Gasteiger partial charge in [-0.25, -0.2) is 9.37 Å². The van der Waals surface area contributed by atoms with Crippen molar-refractivity contribution in [2.24, 2.45) is 0 Å². The first-order valence-electron chi connectivity index (χ1n) is 8.92. The van der Waals surface area contributed by atoms with E-state index in [-0.39, 0.29) is 30.0 Å². The molecule has 7 nitrogen and oxygen atoms in total. The Hall–Kier alpha value is -2.74. The number of ether oxygens (including phenoxy) is 1. The van der Waals surface area contributed by atoms with Crippen LogP contribution in [0.1, 0.15) is 23.2 Å². The number of nitrogens with zero attached hydrogens (tertiary/aromatic N) is 2. The summed E-state index contributed by atoms with van der Waals surface area (Å²) >= 11 is 0. The highest BCUT2D eigenvalue weighted by molar-refractivity contribution is 5.91. The Morgan fingerprint density at radius 3 is 2.74 bits per heavy atom. The van der Waals surface area contributed by atoms with Crippen LogP contribution >= 0.6 is 0 Å². The van der Waals surface area contributed by atoms with Crippen LogP contribution in [0.15, 0.2) is 23.0 Å². The molecule has 8 heteroatoms. The second-order valence-corrected chi connectivity index (χ2v) is 6.58. The van der Waals surface area contributed by atoms with Crippen LogP contribution in [0.2, 0.25) is 0 Å². The lowest BCUT2D eigenvalue weighted by atomic mass is 10.1. The van der Waals surface area contributed by atoms with E-state index in [4.69, 9.17) is 4.74 Å². The number of H-pyrrole nitrogens is 1. The average molecular weight is 374 g/mol. The fourth-order valence-corrected chi connectivity index (χ4v) is 2.99. The number of anilines is 2. The molecule has 0 unspecified atom stereocenters. The van der Waals surface area contributed by atoms with Gasteiger partial charge in [0.05, 0.1) is 18.9 Å². The molecule has 3 rings (SSSR count). The number of carbonyl (C=O) groups is 1. The SMILES string of the molecule is Cc1ccc(NC(=O)CCc2c(C)nc(N3CCOCC3)[nH]c2=O)c(F)c1. The van der Waals surface area contributed by atoms with E-state index in [1.807, 2.05) is 4.90 Å². The van der Waals surface area contributed by atoms with Gasteiger partial charge in [-0.3, -0.25) is 14.6 Å². The molecular weight excluding hydrogens is 351 g/mol. The van der Waals surface area contributed by atoms with Crippen molar-refractivity contribution in [1.82, 2.24) is 9.97 Å². The molecule has 1 saturated heterocycles. The van der Waals surface area contributed by atoms with Crippen LogP contribution in [0.3, 0.4) is 0 Å². The summed E-state index contributed by atoms with van der Waals surface area (Å²) in [7, 11) is 0. The minimum atomic E-state index is -0.478. The van der Waals surface area contributed by atoms with Crippen molar-refractivity contribution in [3.05, 3.63) is 51.2 Å². The lowest BCUT2D eigenvalue weighted by Gasteiger charge is -2.27. The Kier molecular flexibility index (Phi) is 5.85. The highest BCUT2D eigenvalue weighted by Crippen LogP contribution is 2.16. The Morgan fingerprint density at radius 1 is 1.33 bits per heavy atom. The first kappa shape index (κ1) is 19.0. The van der Waals surface area contributed by atoms with Crippen LogP contribution < -0.4 is 15.8 Å². The monoisotopic (exact) mass is 374 g/mol. The predicted octanol–water partition coefficient (Wildman–Crippen LogP) is 1.93. The molecule has 0 spiro atoms. The highest BCUT2D eigenvalue weighted by Gasteiger charge is 2.17. The molecule has 1 aromatic carbocycles. The van der Waals surface area contributed by atoms with Crippen molar-refractivity contribution in [1.29, 1.82) is 0 Å². The summed E-state index contributed by atoms with van der Waals surface area (Å²) in [5.74, 6) is -0.307. The van der Waals surface area contributed by atoms with Gasteiger partial charge < -0.3 is 15.0 Å². The Bertz CT molecular complexity index is 891. The van der Waals surface area contributed by atoms with Gasteiger partial charge in [-0.2, -0.15) is 0 Å². The lowest BCUT2D eigenvalue weighted by molar-refractivity contribution is -0.116. The highest BCUT2D eigenvalue weighted by atomic mass is 19.1. The quantitative estimate of drug-likeness (QED) is 0.835. The summed E-state index contributed by atoms with van der Waals surface area (Å²) in [6, 6.07) is 4.61. The largest absolute Gasteiger partial charge is 0.378 e. The van der Waals surface area contributed by atoms with Gasteiger partial charge in [-0.1, -0.05) is 6.07 Å². The van der Waals surface area contributed by atoms with Gasteiger partial charge in [0.2, 0.25) is 11.9 Å². The Morgan fingerprint density at radius 2 is 2.07 bits per heavy atom. The van der Waals surface area contributed by atoms with Crippen LogP contribution in [-0.2, 0) is 16.0 Å². The molecule has 0 aliphatic carbocycles. The minimum absolute atomic E-state index is 0.0653. The van der Waals surface area contributed by atoms with Crippen LogP contribution in [0.25, 0.3) is 0 Å². The molecule has 0 radical (unpaired) electrons. The van der Waals surface area contributed by atoms with Crippen molar-refractivity contribution in [2.75, 3.05) is 36.5 Å². The summed E-state index contributed by atoms with van der Waals surface area (Å²) in [5, 5.41) is 2.54. The third kappa shape index (κ3) is 4.71. The molecule has 2 N–H and O–H groups in total. The van der Waals surface area contributed by atoms with Crippen molar-refractivity contribution in [2.45, 2.75) is 26.7 Å². The van der Waals surface area contributed by atoms with Gasteiger partial charge in [0.1, 0.15) is 5.82 Å². The van der Waals surface area contributed by atoms with E-state index in [0.29, 0.717) is 43.5 Å². The lowest BCUT2D eigenvalue weighted by Crippen LogP contribution is -2.38. The number of nitrogens with one attached hydrogen (secondary N) is 2. The number of hydrogen-bond donors (Lipinski definition) is 2. The van der Waals surface area contributed by atoms with Crippen molar-refractivity contribution >= 4 is 17.5 Å². The van der Waals surface area contributed by atoms with Crippen molar-refractivity contribution in [3.8, 4) is 0 Å². The number of aryl methyl sites for hydroxylation is 2. The summed E-state index contributed by atoms with van der Waals surface area (Å²) in [5.41, 5.74) is 1.72. The molecule has 1 amide bonds. The smallest absolute Gasteiger partial charge is 0.255 e. The van der Waals surface area contributed by atoms with Crippen LogP contribution in [0.5, 0.6) is 0 Å². The van der Waals surface area contributed by atoms with Crippen LogP contribution in [-0.4, -0.2) is 42.2 Å². The normalized spacial score (nSPS) is 14.3. The number of morpholine rings is 1. The zero-order valence-corrected chi connectivity index (χ0v) is 15.5. The van der Waals surface area contributed by atoms with Crippen molar-refractivity contribution < 1.29 is 13.9 Å². The number of aromatic amines is 1. The minimum Gasteiger partial charge on any atom is -0.378 e. The first-order chi connectivity index (χ1) is 12.9. The molecule has 1 aromatic heterocycles. The van der Waals surface area contributed by atoms with Gasteiger partial charge >= 0.3 is 0 Å². The maximum Gasteiger partial charge on any atom is 0.255 e. The topological polar surface area (TPSA) is 87.3 Å².